The Hall–Kier alpha value is -2.36. The molecule has 1 aromatic heterocycles. The van der Waals surface area contributed by atoms with Crippen molar-refractivity contribution >= 4 is 11.7 Å². The van der Waals surface area contributed by atoms with Crippen molar-refractivity contribution in [1.29, 1.82) is 0 Å². The molecule has 1 fully saturated rings. The second kappa shape index (κ2) is 7.04. The van der Waals surface area contributed by atoms with Crippen LogP contribution in [0.3, 0.4) is 0 Å². The molecule has 0 radical (unpaired) electrons. The van der Waals surface area contributed by atoms with Crippen LogP contribution >= 0.6 is 0 Å². The number of nitrogens with zero attached hydrogens (tertiary/aromatic N) is 3. The molecule has 3 rings (SSSR count). The molecule has 0 spiro atoms. The van der Waals surface area contributed by atoms with Crippen LogP contribution in [0.5, 0.6) is 0 Å². The van der Waals surface area contributed by atoms with Crippen LogP contribution < -0.4 is 4.90 Å². The molecule has 1 saturated heterocycles. The summed E-state index contributed by atoms with van der Waals surface area (Å²) in [5.74, 6) is 1.35. The van der Waals surface area contributed by atoms with E-state index in [-0.39, 0.29) is 5.91 Å². The zero-order chi connectivity index (χ0) is 17.1. The van der Waals surface area contributed by atoms with E-state index in [0.29, 0.717) is 5.92 Å². The fourth-order valence-electron chi connectivity index (χ4n) is 3.25. The minimum Gasteiger partial charge on any atom is -0.363 e. The molecule has 4 nitrogen and oxygen atoms in total. The number of piperidine rings is 1. The summed E-state index contributed by atoms with van der Waals surface area (Å²) in [5.41, 5.74) is 3.33. The highest BCUT2D eigenvalue weighted by Crippen LogP contribution is 2.28. The first-order valence-electron chi connectivity index (χ1n) is 8.54. The SMILES string of the molecule is Cc1ccc([C@H]2CCCN(C(=O)c3ccnc(N(C)C)c3)C2)cc1. The van der Waals surface area contributed by atoms with Crippen molar-refractivity contribution in [2.24, 2.45) is 0 Å². The van der Waals surface area contributed by atoms with E-state index in [1.54, 1.807) is 6.20 Å². The normalized spacial score (nSPS) is 17.6. The number of aromatic nitrogens is 1. The van der Waals surface area contributed by atoms with Gasteiger partial charge in [0, 0.05) is 44.9 Å². The number of carbonyl (C=O) groups excluding carboxylic acids is 1. The van der Waals surface area contributed by atoms with Crippen molar-refractivity contribution in [3.63, 3.8) is 0 Å². The summed E-state index contributed by atoms with van der Waals surface area (Å²) in [6, 6.07) is 12.4. The highest BCUT2D eigenvalue weighted by Gasteiger charge is 2.25. The second-order valence-electron chi connectivity index (χ2n) is 6.80. The summed E-state index contributed by atoms with van der Waals surface area (Å²) in [6.07, 6.45) is 3.91. The maximum atomic E-state index is 12.9. The molecule has 1 aliphatic heterocycles. The highest BCUT2D eigenvalue weighted by atomic mass is 16.2. The fraction of sp³-hybridized carbons (Fsp3) is 0.400. The zero-order valence-electron chi connectivity index (χ0n) is 14.7. The molecular formula is C20H25N3O. The number of rotatable bonds is 3. The Bertz CT molecular complexity index is 709. The molecule has 1 aliphatic rings. The first-order chi connectivity index (χ1) is 11.5. The van der Waals surface area contributed by atoms with Crippen molar-refractivity contribution in [3.8, 4) is 0 Å². The fourth-order valence-corrected chi connectivity index (χ4v) is 3.25. The third-order valence-electron chi connectivity index (χ3n) is 4.71. The molecule has 0 bridgehead atoms. The van der Waals surface area contributed by atoms with E-state index in [0.717, 1.165) is 37.3 Å². The number of aryl methyl sites for hydroxylation is 1. The van der Waals surface area contributed by atoms with Crippen molar-refractivity contribution < 1.29 is 4.79 Å². The molecular weight excluding hydrogens is 298 g/mol. The number of benzene rings is 1. The number of amides is 1. The lowest BCUT2D eigenvalue weighted by molar-refractivity contribution is 0.0707. The van der Waals surface area contributed by atoms with Crippen LogP contribution in [-0.2, 0) is 0 Å². The second-order valence-corrected chi connectivity index (χ2v) is 6.80. The van der Waals surface area contributed by atoms with Gasteiger partial charge in [-0.15, -0.1) is 0 Å². The Morgan fingerprint density at radius 2 is 1.96 bits per heavy atom. The van der Waals surface area contributed by atoms with Crippen molar-refractivity contribution in [2.75, 3.05) is 32.1 Å². The maximum absolute atomic E-state index is 12.9. The molecule has 2 aromatic rings. The molecule has 0 saturated carbocycles. The Labute approximate surface area is 144 Å². The summed E-state index contributed by atoms with van der Waals surface area (Å²) in [6.45, 7) is 3.73. The molecule has 126 valence electrons. The largest absolute Gasteiger partial charge is 0.363 e. The molecule has 24 heavy (non-hydrogen) atoms. The lowest BCUT2D eigenvalue weighted by Crippen LogP contribution is -2.39. The van der Waals surface area contributed by atoms with Gasteiger partial charge >= 0.3 is 0 Å². The number of hydrogen-bond donors (Lipinski definition) is 0. The molecule has 1 aromatic carbocycles. The van der Waals surface area contributed by atoms with Gasteiger partial charge in [-0.2, -0.15) is 0 Å². The highest BCUT2D eigenvalue weighted by molar-refractivity contribution is 5.95. The molecule has 0 unspecified atom stereocenters. The number of anilines is 1. The van der Waals surface area contributed by atoms with Gasteiger partial charge in [-0.1, -0.05) is 29.8 Å². The van der Waals surface area contributed by atoms with E-state index in [9.17, 15) is 4.79 Å². The third-order valence-corrected chi connectivity index (χ3v) is 4.71. The van der Waals surface area contributed by atoms with Crippen molar-refractivity contribution in [1.82, 2.24) is 9.88 Å². The monoisotopic (exact) mass is 323 g/mol. The number of likely N-dealkylation sites (tertiary alicyclic amines) is 1. The van der Waals surface area contributed by atoms with Gasteiger partial charge in [0.2, 0.25) is 0 Å². The summed E-state index contributed by atoms with van der Waals surface area (Å²) in [7, 11) is 3.87. The first kappa shape index (κ1) is 16.5. The lowest BCUT2D eigenvalue weighted by Gasteiger charge is -2.33. The minimum atomic E-state index is 0.109. The predicted molar refractivity (Wildman–Crippen MR) is 97.6 cm³/mol. The minimum absolute atomic E-state index is 0.109. The van der Waals surface area contributed by atoms with Crippen molar-refractivity contribution in [2.45, 2.75) is 25.7 Å². The van der Waals surface area contributed by atoms with Gasteiger partial charge in [-0.3, -0.25) is 4.79 Å². The van der Waals surface area contributed by atoms with Gasteiger partial charge in [0.15, 0.2) is 0 Å². The van der Waals surface area contributed by atoms with Crippen LogP contribution in [0.2, 0.25) is 0 Å². The number of carbonyl (C=O) groups is 1. The van der Waals surface area contributed by atoms with Gasteiger partial charge in [-0.25, -0.2) is 4.98 Å². The summed E-state index contributed by atoms with van der Waals surface area (Å²) < 4.78 is 0. The average Bonchev–Trinajstić information content (AvgIpc) is 2.62. The molecule has 4 heteroatoms. The van der Waals surface area contributed by atoms with Crippen molar-refractivity contribution in [3.05, 3.63) is 59.3 Å². The molecule has 2 heterocycles. The Morgan fingerprint density at radius 1 is 1.21 bits per heavy atom. The third kappa shape index (κ3) is 3.58. The van der Waals surface area contributed by atoms with Crippen LogP contribution in [0, 0.1) is 6.92 Å². The van der Waals surface area contributed by atoms with Gasteiger partial charge in [0.1, 0.15) is 5.82 Å². The lowest BCUT2D eigenvalue weighted by atomic mass is 9.90. The van der Waals surface area contributed by atoms with Gasteiger partial charge in [0.05, 0.1) is 0 Å². The predicted octanol–water partition coefficient (Wildman–Crippen LogP) is 3.48. The quantitative estimate of drug-likeness (QED) is 0.868. The first-order valence-corrected chi connectivity index (χ1v) is 8.54. The van der Waals surface area contributed by atoms with Crippen LogP contribution in [0.1, 0.15) is 40.2 Å². The Balaban J connectivity index is 1.75. The van der Waals surface area contributed by atoms with Crippen LogP contribution in [0.25, 0.3) is 0 Å². The summed E-state index contributed by atoms with van der Waals surface area (Å²) in [4.78, 5) is 21.1. The van der Waals surface area contributed by atoms with Crippen LogP contribution in [-0.4, -0.2) is 43.0 Å². The van der Waals surface area contributed by atoms with E-state index in [2.05, 4.69) is 36.2 Å². The number of hydrogen-bond acceptors (Lipinski definition) is 3. The standard InChI is InChI=1S/C20H25N3O/c1-15-6-8-16(9-7-15)18-5-4-12-23(14-18)20(24)17-10-11-21-19(13-17)22(2)3/h6-11,13,18H,4-5,12,14H2,1-3H3/t18-/m0/s1. The van der Waals surface area contributed by atoms with E-state index in [1.165, 1.54) is 11.1 Å². The molecule has 0 N–H and O–H groups in total. The van der Waals surface area contributed by atoms with Crippen LogP contribution in [0.4, 0.5) is 5.82 Å². The Kier molecular flexibility index (Phi) is 4.84. The topological polar surface area (TPSA) is 36.4 Å². The van der Waals surface area contributed by atoms with E-state index >= 15 is 0 Å². The molecule has 1 atom stereocenters. The average molecular weight is 323 g/mol. The Morgan fingerprint density at radius 3 is 2.67 bits per heavy atom. The zero-order valence-corrected chi connectivity index (χ0v) is 14.7. The van der Waals surface area contributed by atoms with Gasteiger partial charge < -0.3 is 9.80 Å². The molecule has 1 amide bonds. The van der Waals surface area contributed by atoms with E-state index in [4.69, 9.17) is 0 Å². The summed E-state index contributed by atoms with van der Waals surface area (Å²) >= 11 is 0. The van der Waals surface area contributed by atoms with E-state index < -0.39 is 0 Å². The number of pyridine rings is 1. The van der Waals surface area contributed by atoms with Gasteiger partial charge in [-0.05, 0) is 37.5 Å². The molecule has 0 aliphatic carbocycles. The summed E-state index contributed by atoms with van der Waals surface area (Å²) in [5, 5.41) is 0. The smallest absolute Gasteiger partial charge is 0.254 e. The van der Waals surface area contributed by atoms with Crippen LogP contribution in [0.15, 0.2) is 42.6 Å². The van der Waals surface area contributed by atoms with E-state index in [1.807, 2.05) is 36.0 Å². The maximum Gasteiger partial charge on any atom is 0.254 e. The van der Waals surface area contributed by atoms with Gasteiger partial charge in [0.25, 0.3) is 5.91 Å².